The van der Waals surface area contributed by atoms with Gasteiger partial charge in [-0.15, -0.1) is 0 Å². The molecule has 0 bridgehead atoms. The number of nitrogens with zero attached hydrogens (tertiary/aromatic N) is 2. The van der Waals surface area contributed by atoms with Crippen molar-refractivity contribution in [1.29, 1.82) is 0 Å². The van der Waals surface area contributed by atoms with Crippen LogP contribution in [0.1, 0.15) is 55.8 Å². The third-order valence-corrected chi connectivity index (χ3v) is 10.7. The molecule has 0 saturated carbocycles. The minimum atomic E-state index is 0.352. The van der Waals surface area contributed by atoms with E-state index in [1.54, 1.807) is 0 Å². The number of aromatic nitrogens is 1. The number of rotatable bonds is 6. The molecule has 0 N–H and O–H groups in total. The van der Waals surface area contributed by atoms with Gasteiger partial charge in [-0.1, -0.05) is 0 Å². The number of benzene rings is 3. The summed E-state index contributed by atoms with van der Waals surface area (Å²) in [6, 6.07) is 16.1. The molecule has 180 valence electrons. The van der Waals surface area contributed by atoms with Crippen molar-refractivity contribution in [2.75, 3.05) is 11.4 Å². The fourth-order valence-corrected chi connectivity index (χ4v) is 9.14. The third-order valence-electron chi connectivity index (χ3n) is 7.18. The van der Waals surface area contributed by atoms with Gasteiger partial charge in [0, 0.05) is 0 Å². The van der Waals surface area contributed by atoms with Crippen LogP contribution in [-0.2, 0) is 13.0 Å². The fourth-order valence-electron chi connectivity index (χ4n) is 5.05. The Labute approximate surface area is 220 Å². The van der Waals surface area contributed by atoms with Gasteiger partial charge in [0.05, 0.1) is 0 Å². The zero-order chi connectivity index (χ0) is 24.7. The molecule has 0 fully saturated rings. The van der Waals surface area contributed by atoms with E-state index in [-0.39, 0.29) is 0 Å². The molecule has 0 atom stereocenters. The maximum absolute atomic E-state index is 2.54. The first-order valence-electron chi connectivity index (χ1n) is 12.8. The number of hydrogen-bond donors (Lipinski definition) is 0. The first-order valence-corrected chi connectivity index (χ1v) is 15.4. The molecule has 35 heavy (non-hydrogen) atoms. The number of thiazole rings is 1. The number of allylic oxidation sites excluding steroid dienone is 2. The molecule has 3 aromatic carbocycles. The van der Waals surface area contributed by atoms with E-state index >= 15 is 0 Å². The molecule has 1 aliphatic rings. The van der Waals surface area contributed by atoms with Crippen LogP contribution in [-0.4, -0.2) is 21.5 Å². The summed E-state index contributed by atoms with van der Waals surface area (Å²) in [5.74, 6) is 0. The molecule has 0 aliphatic carbocycles. The summed E-state index contributed by atoms with van der Waals surface area (Å²) in [7, 11) is 0. The SMILES string of the molecule is CCC(=C/c1sc2c(CC)cc3ccccc3c2[n+]1CC)/C=C1\[Se]c2cc(C)c(C)cc2N1CC. The van der Waals surface area contributed by atoms with Crippen LogP contribution in [0.15, 0.2) is 58.7 Å². The summed E-state index contributed by atoms with van der Waals surface area (Å²) >= 11 is 2.31. The number of aryl methyl sites for hydroxylation is 4. The van der Waals surface area contributed by atoms with Crippen LogP contribution >= 0.6 is 11.3 Å². The van der Waals surface area contributed by atoms with E-state index in [9.17, 15) is 0 Å². The molecule has 4 aromatic rings. The Balaban J connectivity index is 1.64. The first kappa shape index (κ1) is 24.3. The van der Waals surface area contributed by atoms with Crippen molar-refractivity contribution in [1.82, 2.24) is 0 Å². The van der Waals surface area contributed by atoms with Gasteiger partial charge in [0.15, 0.2) is 0 Å². The van der Waals surface area contributed by atoms with Gasteiger partial charge in [-0.05, 0) is 0 Å². The van der Waals surface area contributed by atoms with Crippen LogP contribution in [0.5, 0.6) is 0 Å². The molecule has 0 amide bonds. The van der Waals surface area contributed by atoms with Gasteiger partial charge in [-0.2, -0.15) is 0 Å². The van der Waals surface area contributed by atoms with E-state index in [1.807, 2.05) is 11.3 Å². The van der Waals surface area contributed by atoms with Gasteiger partial charge in [0.25, 0.3) is 0 Å². The Hall–Kier alpha value is -2.39. The van der Waals surface area contributed by atoms with Crippen molar-refractivity contribution in [2.24, 2.45) is 0 Å². The zero-order valence-electron chi connectivity index (χ0n) is 21.7. The predicted molar refractivity (Wildman–Crippen MR) is 155 cm³/mol. The quantitative estimate of drug-likeness (QED) is 0.186. The van der Waals surface area contributed by atoms with Crippen LogP contribution in [0.4, 0.5) is 5.69 Å². The van der Waals surface area contributed by atoms with Crippen molar-refractivity contribution in [3.05, 3.63) is 80.4 Å². The van der Waals surface area contributed by atoms with Gasteiger partial charge in [0.2, 0.25) is 0 Å². The molecule has 1 aliphatic heterocycles. The van der Waals surface area contributed by atoms with Crippen LogP contribution in [0.25, 0.3) is 27.1 Å². The van der Waals surface area contributed by atoms with Gasteiger partial charge in [-0.3, -0.25) is 0 Å². The van der Waals surface area contributed by atoms with E-state index in [2.05, 4.69) is 106 Å². The van der Waals surface area contributed by atoms with Gasteiger partial charge in [-0.25, -0.2) is 0 Å². The molecular formula is C31H35N2SSe+. The van der Waals surface area contributed by atoms with E-state index in [0.29, 0.717) is 15.0 Å². The van der Waals surface area contributed by atoms with Gasteiger partial charge >= 0.3 is 221 Å². The molecule has 0 spiro atoms. The number of fused-ring (bicyclic) bond motifs is 4. The molecule has 0 saturated heterocycles. The number of hydrogen-bond acceptors (Lipinski definition) is 2. The summed E-state index contributed by atoms with van der Waals surface area (Å²) < 4.78 is 6.99. The Kier molecular flexibility index (Phi) is 6.90. The summed E-state index contributed by atoms with van der Waals surface area (Å²) in [5, 5.41) is 4.08. The number of anilines is 1. The monoisotopic (exact) mass is 547 g/mol. The second-order valence-electron chi connectivity index (χ2n) is 9.28. The van der Waals surface area contributed by atoms with E-state index in [4.69, 9.17) is 0 Å². The molecule has 2 heterocycles. The summed E-state index contributed by atoms with van der Waals surface area (Å²) in [6.07, 6.45) is 7.03. The second kappa shape index (κ2) is 9.93. The average Bonchev–Trinajstić information content (AvgIpc) is 3.40. The molecule has 2 nitrogen and oxygen atoms in total. The minimum absolute atomic E-state index is 0.352. The van der Waals surface area contributed by atoms with Crippen molar-refractivity contribution < 1.29 is 4.57 Å². The van der Waals surface area contributed by atoms with E-state index in [1.165, 1.54) is 63.0 Å². The fraction of sp³-hybridized carbons (Fsp3) is 0.323. The zero-order valence-corrected chi connectivity index (χ0v) is 24.3. The topological polar surface area (TPSA) is 7.12 Å². The molecule has 4 heteroatoms. The standard InChI is InChI=1S/C31H35N2SSe/c1-7-22(18-29-32(9-3)26-15-20(5)21(6)16-27(26)35-29)17-28-33(10-4)30-25-14-12-11-13-24(25)19-23(8-2)31(30)34-28/h11-19H,7-10H2,1-6H3/q+1. The Morgan fingerprint density at radius 2 is 1.80 bits per heavy atom. The van der Waals surface area contributed by atoms with Crippen LogP contribution < -0.4 is 13.9 Å². The summed E-state index contributed by atoms with van der Waals surface area (Å²) in [4.78, 5) is 2.53. The molecule has 1 aromatic heterocycles. The average molecular weight is 547 g/mol. The van der Waals surface area contributed by atoms with Crippen molar-refractivity contribution >= 4 is 63.5 Å². The van der Waals surface area contributed by atoms with E-state index in [0.717, 1.165) is 25.9 Å². The van der Waals surface area contributed by atoms with E-state index < -0.39 is 0 Å². The second-order valence-corrected chi connectivity index (χ2v) is 12.5. The van der Waals surface area contributed by atoms with Crippen molar-refractivity contribution in [3.63, 3.8) is 0 Å². The molecule has 5 rings (SSSR count). The van der Waals surface area contributed by atoms with Gasteiger partial charge in [0.1, 0.15) is 0 Å². The van der Waals surface area contributed by atoms with Gasteiger partial charge < -0.3 is 0 Å². The summed E-state index contributed by atoms with van der Waals surface area (Å²) in [6.45, 7) is 15.6. The van der Waals surface area contributed by atoms with Crippen LogP contribution in [0.3, 0.4) is 0 Å². The normalized spacial score (nSPS) is 15.1. The molecule has 0 unspecified atom stereocenters. The molecular weight excluding hydrogens is 511 g/mol. The summed E-state index contributed by atoms with van der Waals surface area (Å²) in [5.41, 5.74) is 8.49. The maximum atomic E-state index is 2.54. The Morgan fingerprint density at radius 3 is 2.51 bits per heavy atom. The first-order chi connectivity index (χ1) is 17.0. The molecule has 0 radical (unpaired) electrons. The van der Waals surface area contributed by atoms with Crippen molar-refractivity contribution in [3.8, 4) is 0 Å². The predicted octanol–water partition coefficient (Wildman–Crippen LogP) is 7.05. The Bertz CT molecular complexity index is 1490. The third kappa shape index (κ3) is 4.26. The Morgan fingerprint density at radius 1 is 1.03 bits per heavy atom. The van der Waals surface area contributed by atoms with Crippen molar-refractivity contribution in [2.45, 2.75) is 60.9 Å². The van der Waals surface area contributed by atoms with Crippen LogP contribution in [0, 0.1) is 13.8 Å². The van der Waals surface area contributed by atoms with Crippen LogP contribution in [0.2, 0.25) is 0 Å².